The van der Waals surface area contributed by atoms with E-state index in [1.165, 1.54) is 18.1 Å². The molecule has 0 unspecified atom stereocenters. The second-order valence-electron chi connectivity index (χ2n) is 6.44. The molecule has 2 aromatic rings. The van der Waals surface area contributed by atoms with Gasteiger partial charge < -0.3 is 14.7 Å². The Labute approximate surface area is 163 Å². The highest BCUT2D eigenvalue weighted by molar-refractivity contribution is 5.80. The summed E-state index contributed by atoms with van der Waals surface area (Å²) in [5.74, 6) is 4.73. The van der Waals surface area contributed by atoms with Gasteiger partial charge in [0.25, 0.3) is 0 Å². The molecule has 28 heavy (non-hydrogen) atoms. The van der Waals surface area contributed by atoms with Crippen LogP contribution < -0.4 is 0 Å². The summed E-state index contributed by atoms with van der Waals surface area (Å²) in [4.78, 5) is 13.5. The second kappa shape index (κ2) is 8.67. The summed E-state index contributed by atoms with van der Waals surface area (Å²) in [6, 6.07) is 14.5. The first-order chi connectivity index (χ1) is 13.6. The van der Waals surface area contributed by atoms with Crippen molar-refractivity contribution in [1.29, 1.82) is 5.26 Å². The Hall–Kier alpha value is -3.19. The standard InChI is InChI=1S/C22H19FN2O3/c1-28-14-21(27)25-19(12-24)22(20(25)13-26)17-10-7-15(8-11-17)6-9-16-4-2-3-5-18(16)23/h2-5,7-8,10-11,19-20,22,26H,13-14H2,1H3/t19-,20-,22+/m0/s1. The van der Waals surface area contributed by atoms with Crippen LogP contribution in [0, 0.1) is 29.0 Å². The Bertz CT molecular complexity index is 956. The van der Waals surface area contributed by atoms with Crippen LogP contribution in [-0.4, -0.2) is 48.3 Å². The molecule has 5 nitrogen and oxygen atoms in total. The third kappa shape index (κ3) is 3.75. The lowest BCUT2D eigenvalue weighted by molar-refractivity contribution is -0.150. The number of nitrogens with zero attached hydrogens (tertiary/aromatic N) is 2. The Morgan fingerprint density at radius 3 is 2.54 bits per heavy atom. The maximum Gasteiger partial charge on any atom is 0.249 e. The fraction of sp³-hybridized carbons (Fsp3) is 0.273. The van der Waals surface area contributed by atoms with E-state index >= 15 is 0 Å². The maximum absolute atomic E-state index is 13.6. The molecule has 1 heterocycles. The molecular weight excluding hydrogens is 359 g/mol. The Kier molecular flexibility index (Phi) is 6.06. The molecule has 0 radical (unpaired) electrons. The van der Waals surface area contributed by atoms with Crippen LogP contribution in [0.25, 0.3) is 0 Å². The number of carbonyl (C=O) groups excluding carboxylic acids is 1. The number of rotatable bonds is 4. The van der Waals surface area contributed by atoms with Gasteiger partial charge >= 0.3 is 0 Å². The number of amides is 1. The molecule has 1 amide bonds. The molecule has 0 bridgehead atoms. The van der Waals surface area contributed by atoms with Crippen LogP contribution in [0.4, 0.5) is 4.39 Å². The molecule has 3 rings (SSSR count). The minimum absolute atomic E-state index is 0.133. The normalized spacial score (nSPS) is 20.5. The second-order valence-corrected chi connectivity index (χ2v) is 6.44. The monoisotopic (exact) mass is 378 g/mol. The van der Waals surface area contributed by atoms with E-state index in [4.69, 9.17) is 4.74 Å². The van der Waals surface area contributed by atoms with Crippen LogP contribution in [-0.2, 0) is 9.53 Å². The number of benzene rings is 2. The van der Waals surface area contributed by atoms with Crippen molar-refractivity contribution in [3.8, 4) is 17.9 Å². The molecule has 0 aromatic heterocycles. The third-order valence-electron chi connectivity index (χ3n) is 4.80. The van der Waals surface area contributed by atoms with Crippen molar-refractivity contribution in [2.75, 3.05) is 20.3 Å². The molecular formula is C22H19FN2O3. The smallest absolute Gasteiger partial charge is 0.249 e. The van der Waals surface area contributed by atoms with E-state index in [2.05, 4.69) is 17.9 Å². The van der Waals surface area contributed by atoms with Crippen molar-refractivity contribution >= 4 is 5.91 Å². The molecule has 142 valence electrons. The van der Waals surface area contributed by atoms with Gasteiger partial charge in [-0.05, 0) is 29.8 Å². The van der Waals surface area contributed by atoms with Crippen molar-refractivity contribution in [1.82, 2.24) is 4.90 Å². The summed E-state index contributed by atoms with van der Waals surface area (Å²) in [7, 11) is 1.41. The summed E-state index contributed by atoms with van der Waals surface area (Å²) in [5, 5.41) is 19.2. The Morgan fingerprint density at radius 1 is 1.21 bits per heavy atom. The number of nitriles is 1. The highest BCUT2D eigenvalue weighted by Gasteiger charge is 2.51. The minimum Gasteiger partial charge on any atom is -0.394 e. The van der Waals surface area contributed by atoms with Gasteiger partial charge in [0.2, 0.25) is 5.91 Å². The van der Waals surface area contributed by atoms with Crippen molar-refractivity contribution in [2.24, 2.45) is 0 Å². The van der Waals surface area contributed by atoms with E-state index in [1.54, 1.807) is 30.3 Å². The Balaban J connectivity index is 1.79. The van der Waals surface area contributed by atoms with Gasteiger partial charge in [0.1, 0.15) is 18.5 Å². The van der Waals surface area contributed by atoms with Gasteiger partial charge in [-0.25, -0.2) is 4.39 Å². The number of ether oxygens (including phenoxy) is 1. The zero-order valence-electron chi connectivity index (χ0n) is 15.3. The van der Waals surface area contributed by atoms with Crippen molar-refractivity contribution in [3.05, 3.63) is 71.0 Å². The zero-order valence-corrected chi connectivity index (χ0v) is 15.3. The van der Waals surface area contributed by atoms with Crippen LogP contribution in [0.1, 0.15) is 22.6 Å². The quantitative estimate of drug-likeness (QED) is 0.827. The van der Waals surface area contributed by atoms with Crippen LogP contribution in [0.5, 0.6) is 0 Å². The first kappa shape index (κ1) is 19.6. The lowest BCUT2D eigenvalue weighted by Crippen LogP contribution is -2.65. The Morgan fingerprint density at radius 2 is 1.93 bits per heavy atom. The van der Waals surface area contributed by atoms with Gasteiger partial charge in [0.15, 0.2) is 0 Å². The fourth-order valence-electron chi connectivity index (χ4n) is 3.44. The third-order valence-corrected chi connectivity index (χ3v) is 4.80. The lowest BCUT2D eigenvalue weighted by atomic mass is 9.75. The molecule has 6 heteroatoms. The number of methoxy groups -OCH3 is 1. The highest BCUT2D eigenvalue weighted by atomic mass is 19.1. The summed E-state index contributed by atoms with van der Waals surface area (Å²) >= 11 is 0. The molecule has 1 aliphatic rings. The average Bonchev–Trinajstić information content (AvgIpc) is 2.68. The van der Waals surface area contributed by atoms with Gasteiger partial charge in [-0.2, -0.15) is 5.26 Å². The molecule has 0 aliphatic carbocycles. The fourth-order valence-corrected chi connectivity index (χ4v) is 3.44. The molecule has 1 saturated heterocycles. The number of halogens is 1. The number of aliphatic hydroxyl groups is 1. The van der Waals surface area contributed by atoms with E-state index in [0.717, 1.165) is 5.56 Å². The van der Waals surface area contributed by atoms with E-state index in [0.29, 0.717) is 11.1 Å². The van der Waals surface area contributed by atoms with E-state index in [1.807, 2.05) is 12.1 Å². The average molecular weight is 378 g/mol. The van der Waals surface area contributed by atoms with Gasteiger partial charge in [0, 0.05) is 18.6 Å². The highest BCUT2D eigenvalue weighted by Crippen LogP contribution is 2.40. The van der Waals surface area contributed by atoms with Crippen molar-refractivity contribution < 1.29 is 19.0 Å². The molecule has 2 aromatic carbocycles. The van der Waals surface area contributed by atoms with Gasteiger partial charge in [-0.1, -0.05) is 36.1 Å². The summed E-state index contributed by atoms with van der Waals surface area (Å²) in [6.07, 6.45) is 0. The first-order valence-corrected chi connectivity index (χ1v) is 8.77. The van der Waals surface area contributed by atoms with Crippen molar-refractivity contribution in [3.63, 3.8) is 0 Å². The van der Waals surface area contributed by atoms with Crippen LogP contribution in [0.2, 0.25) is 0 Å². The lowest BCUT2D eigenvalue weighted by Gasteiger charge is -2.51. The molecule has 0 spiro atoms. The summed E-state index contributed by atoms with van der Waals surface area (Å²) in [6.45, 7) is -0.376. The predicted molar refractivity (Wildman–Crippen MR) is 101 cm³/mol. The number of carbonyl (C=O) groups is 1. The molecule has 1 N–H and O–H groups in total. The topological polar surface area (TPSA) is 73.6 Å². The number of hydrogen-bond donors (Lipinski definition) is 1. The van der Waals surface area contributed by atoms with E-state index < -0.39 is 12.1 Å². The summed E-state index contributed by atoms with van der Waals surface area (Å²) < 4.78 is 18.5. The zero-order chi connectivity index (χ0) is 20.1. The largest absolute Gasteiger partial charge is 0.394 e. The molecule has 3 atom stereocenters. The molecule has 1 aliphatic heterocycles. The summed E-state index contributed by atoms with van der Waals surface area (Å²) in [5.41, 5.74) is 1.86. The number of aliphatic hydroxyl groups excluding tert-OH is 1. The van der Waals surface area contributed by atoms with Crippen LogP contribution >= 0.6 is 0 Å². The minimum atomic E-state index is -0.657. The van der Waals surface area contributed by atoms with Crippen LogP contribution in [0.15, 0.2) is 48.5 Å². The number of likely N-dealkylation sites (tertiary alicyclic amines) is 1. The molecule has 0 saturated carbocycles. The SMILES string of the molecule is COCC(=O)N1[C@@H](C#N)[C@@H](c2ccc(C#Cc3ccccc3F)cc2)[C@@H]1CO. The van der Waals surface area contributed by atoms with Gasteiger partial charge in [-0.15, -0.1) is 0 Å². The van der Waals surface area contributed by atoms with Gasteiger partial charge in [0.05, 0.1) is 24.3 Å². The van der Waals surface area contributed by atoms with E-state index in [-0.39, 0.29) is 30.9 Å². The predicted octanol–water partition coefficient (Wildman–Crippen LogP) is 2.05. The van der Waals surface area contributed by atoms with Crippen molar-refractivity contribution in [2.45, 2.75) is 18.0 Å². The van der Waals surface area contributed by atoms with Gasteiger partial charge in [-0.3, -0.25) is 4.79 Å². The molecule has 1 fully saturated rings. The maximum atomic E-state index is 13.6. The first-order valence-electron chi connectivity index (χ1n) is 8.77. The number of hydrogen-bond acceptors (Lipinski definition) is 4. The van der Waals surface area contributed by atoms with E-state index in [9.17, 15) is 19.6 Å². The van der Waals surface area contributed by atoms with Crippen LogP contribution in [0.3, 0.4) is 0 Å².